The number of ether oxygens (including phenoxy) is 1. The Hall–Kier alpha value is -1.10. The number of benzene rings is 1. The van der Waals surface area contributed by atoms with Gasteiger partial charge in [0.05, 0.1) is 0 Å². The Morgan fingerprint density at radius 1 is 1.42 bits per heavy atom. The fraction of sp³-hybridized carbons (Fsp3) is 0.500. The van der Waals surface area contributed by atoms with Crippen LogP contribution in [0.5, 0.6) is 0 Å². The van der Waals surface area contributed by atoms with Crippen LogP contribution in [0.3, 0.4) is 0 Å². The van der Waals surface area contributed by atoms with Crippen LogP contribution in [-0.4, -0.2) is 25.1 Å². The summed E-state index contributed by atoms with van der Waals surface area (Å²) in [6.45, 7) is 2.12. The van der Waals surface area contributed by atoms with Crippen molar-refractivity contribution in [2.45, 2.75) is 25.5 Å². The molecule has 0 aliphatic carbocycles. The summed E-state index contributed by atoms with van der Waals surface area (Å²) in [6, 6.07) is 9.14. The van der Waals surface area contributed by atoms with Crippen LogP contribution in [0.4, 0.5) is 0 Å². The Morgan fingerprint density at radius 3 is 2.79 bits per heavy atom. The molecule has 3 N–H and O–H groups in total. The highest BCUT2D eigenvalue weighted by Crippen LogP contribution is 2.14. The molecular weight excluding hydrogens is 264 g/mol. The van der Waals surface area contributed by atoms with Crippen molar-refractivity contribution in [1.82, 2.24) is 5.32 Å². The van der Waals surface area contributed by atoms with Crippen LogP contribution in [0.2, 0.25) is 0 Å². The summed E-state index contributed by atoms with van der Waals surface area (Å²) < 4.78 is 5.25. The summed E-state index contributed by atoms with van der Waals surface area (Å²) in [5.41, 5.74) is 6.93. The summed E-state index contributed by atoms with van der Waals surface area (Å²) in [7, 11) is 0. The van der Waals surface area contributed by atoms with Crippen molar-refractivity contribution in [3.63, 3.8) is 0 Å². The molecule has 0 bridgehead atoms. The number of carbonyl (C=O) groups excluding carboxylic acids is 1. The quantitative estimate of drug-likeness (QED) is 0.822. The van der Waals surface area contributed by atoms with Crippen LogP contribution < -0.4 is 11.1 Å². The molecule has 0 aromatic heterocycles. The number of piperidine rings is 1. The Labute approximate surface area is 120 Å². The third kappa shape index (κ3) is 4.82. The third-order valence-corrected chi connectivity index (χ3v) is 3.34. The maximum Gasteiger partial charge on any atom is 0.323 e. The molecule has 0 saturated carbocycles. The fourth-order valence-electron chi connectivity index (χ4n) is 2.20. The van der Waals surface area contributed by atoms with E-state index >= 15 is 0 Å². The van der Waals surface area contributed by atoms with Crippen molar-refractivity contribution in [3.8, 4) is 0 Å². The molecule has 2 atom stereocenters. The predicted molar refractivity (Wildman–Crippen MR) is 77.1 cm³/mol. The van der Waals surface area contributed by atoms with E-state index in [1.54, 1.807) is 0 Å². The van der Waals surface area contributed by atoms with Gasteiger partial charge in [-0.25, -0.2) is 0 Å². The first-order valence-electron chi connectivity index (χ1n) is 6.44. The van der Waals surface area contributed by atoms with Gasteiger partial charge in [-0.2, -0.15) is 0 Å². The molecule has 1 heterocycles. The second kappa shape index (κ2) is 8.15. The summed E-state index contributed by atoms with van der Waals surface area (Å²) in [6.07, 6.45) is 2.07. The number of halogens is 1. The van der Waals surface area contributed by atoms with Crippen molar-refractivity contribution in [1.29, 1.82) is 0 Å². The molecule has 4 nitrogen and oxygen atoms in total. The summed E-state index contributed by atoms with van der Waals surface area (Å²) in [5.74, 6) is -0.102. The van der Waals surface area contributed by atoms with E-state index in [1.165, 1.54) is 0 Å². The summed E-state index contributed by atoms with van der Waals surface area (Å²) >= 11 is 0. The lowest BCUT2D eigenvalue weighted by Crippen LogP contribution is -2.46. The molecular formula is C14H21ClN2O2. The SMILES string of the molecule is Cl.NC(C(=O)OCc1ccccc1)C1CCCNC1. The molecule has 0 amide bonds. The molecule has 19 heavy (non-hydrogen) atoms. The number of hydrogen-bond acceptors (Lipinski definition) is 4. The highest BCUT2D eigenvalue weighted by Gasteiger charge is 2.27. The molecule has 1 aromatic carbocycles. The van der Waals surface area contributed by atoms with Crippen LogP contribution in [0.15, 0.2) is 30.3 Å². The van der Waals surface area contributed by atoms with Crippen LogP contribution in [0, 0.1) is 5.92 Å². The molecule has 1 aliphatic rings. The smallest absolute Gasteiger partial charge is 0.323 e. The van der Waals surface area contributed by atoms with Gasteiger partial charge in [-0.15, -0.1) is 12.4 Å². The van der Waals surface area contributed by atoms with Crippen molar-refractivity contribution in [2.75, 3.05) is 13.1 Å². The molecule has 0 spiro atoms. The fourth-order valence-corrected chi connectivity index (χ4v) is 2.20. The van der Waals surface area contributed by atoms with Crippen LogP contribution in [0.1, 0.15) is 18.4 Å². The lowest BCUT2D eigenvalue weighted by molar-refractivity contribution is -0.148. The van der Waals surface area contributed by atoms with Crippen molar-refractivity contribution in [3.05, 3.63) is 35.9 Å². The maximum absolute atomic E-state index is 11.8. The average Bonchev–Trinajstić information content (AvgIpc) is 2.46. The topological polar surface area (TPSA) is 64.4 Å². The maximum atomic E-state index is 11.8. The predicted octanol–water partition coefficient (Wildman–Crippen LogP) is 1.48. The van der Waals surface area contributed by atoms with E-state index in [0.717, 1.165) is 31.5 Å². The van der Waals surface area contributed by atoms with E-state index in [0.29, 0.717) is 6.61 Å². The number of rotatable bonds is 4. The second-order valence-corrected chi connectivity index (χ2v) is 4.73. The van der Waals surface area contributed by atoms with Crippen LogP contribution >= 0.6 is 12.4 Å². The molecule has 2 rings (SSSR count). The molecule has 2 unspecified atom stereocenters. The first-order valence-corrected chi connectivity index (χ1v) is 6.44. The van der Waals surface area contributed by atoms with Crippen molar-refractivity contribution in [2.24, 2.45) is 11.7 Å². The Kier molecular flexibility index (Phi) is 6.84. The van der Waals surface area contributed by atoms with Crippen molar-refractivity contribution < 1.29 is 9.53 Å². The van der Waals surface area contributed by atoms with Gasteiger partial charge in [0.15, 0.2) is 0 Å². The van der Waals surface area contributed by atoms with Gasteiger partial charge in [0.2, 0.25) is 0 Å². The minimum absolute atomic E-state index is 0. The first-order chi connectivity index (χ1) is 8.77. The zero-order valence-electron chi connectivity index (χ0n) is 10.9. The Balaban J connectivity index is 0.00000180. The van der Waals surface area contributed by atoms with Gasteiger partial charge in [-0.05, 0) is 30.9 Å². The largest absolute Gasteiger partial charge is 0.460 e. The van der Waals surface area contributed by atoms with Crippen LogP contribution in [-0.2, 0) is 16.1 Å². The number of carbonyl (C=O) groups is 1. The summed E-state index contributed by atoms with van der Waals surface area (Å²) in [5, 5.41) is 3.26. The minimum Gasteiger partial charge on any atom is -0.460 e. The second-order valence-electron chi connectivity index (χ2n) is 4.73. The molecule has 1 aliphatic heterocycles. The highest BCUT2D eigenvalue weighted by atomic mass is 35.5. The van der Waals surface area contributed by atoms with E-state index in [4.69, 9.17) is 10.5 Å². The first kappa shape index (κ1) is 16.0. The molecule has 5 heteroatoms. The number of esters is 1. The van der Waals surface area contributed by atoms with E-state index in [2.05, 4.69) is 5.32 Å². The van der Waals surface area contributed by atoms with Gasteiger partial charge in [0.25, 0.3) is 0 Å². The van der Waals surface area contributed by atoms with Gasteiger partial charge < -0.3 is 15.8 Å². The minimum atomic E-state index is -0.512. The Morgan fingerprint density at radius 2 is 2.16 bits per heavy atom. The number of hydrogen-bond donors (Lipinski definition) is 2. The zero-order valence-corrected chi connectivity index (χ0v) is 11.7. The molecule has 1 aromatic rings. The molecule has 1 fully saturated rings. The zero-order chi connectivity index (χ0) is 12.8. The van der Waals surface area contributed by atoms with Gasteiger partial charge in [0, 0.05) is 6.54 Å². The van der Waals surface area contributed by atoms with E-state index in [-0.39, 0.29) is 24.3 Å². The summed E-state index contributed by atoms with van der Waals surface area (Å²) in [4.78, 5) is 11.8. The number of nitrogens with one attached hydrogen (secondary N) is 1. The Bertz CT molecular complexity index is 380. The molecule has 106 valence electrons. The van der Waals surface area contributed by atoms with E-state index < -0.39 is 6.04 Å². The highest BCUT2D eigenvalue weighted by molar-refractivity contribution is 5.85. The van der Waals surface area contributed by atoms with Gasteiger partial charge in [-0.3, -0.25) is 4.79 Å². The normalized spacial score (nSPS) is 20.2. The lowest BCUT2D eigenvalue weighted by Gasteiger charge is -2.26. The van der Waals surface area contributed by atoms with Gasteiger partial charge >= 0.3 is 5.97 Å². The van der Waals surface area contributed by atoms with E-state index in [1.807, 2.05) is 30.3 Å². The van der Waals surface area contributed by atoms with Crippen LogP contribution in [0.25, 0.3) is 0 Å². The molecule has 0 radical (unpaired) electrons. The molecule has 1 saturated heterocycles. The standard InChI is InChI=1S/C14H20N2O2.ClH/c15-13(12-7-4-8-16-9-12)14(17)18-10-11-5-2-1-3-6-11;/h1-3,5-6,12-13,16H,4,7-10,15H2;1H. The number of nitrogens with two attached hydrogens (primary N) is 1. The average molecular weight is 285 g/mol. The third-order valence-electron chi connectivity index (χ3n) is 3.34. The van der Waals surface area contributed by atoms with Gasteiger partial charge in [0.1, 0.15) is 12.6 Å². The lowest BCUT2D eigenvalue weighted by atomic mass is 9.92. The van der Waals surface area contributed by atoms with E-state index in [9.17, 15) is 4.79 Å². The monoisotopic (exact) mass is 284 g/mol. The van der Waals surface area contributed by atoms with Crippen molar-refractivity contribution >= 4 is 18.4 Å². The van der Waals surface area contributed by atoms with Gasteiger partial charge in [-0.1, -0.05) is 30.3 Å².